The summed E-state index contributed by atoms with van der Waals surface area (Å²) in [6, 6.07) is 5.78. The number of carbonyl (C=O) groups excluding carboxylic acids is 1. The Kier molecular flexibility index (Phi) is 4.24. The van der Waals surface area contributed by atoms with Gasteiger partial charge < -0.3 is 10.6 Å². The van der Waals surface area contributed by atoms with Crippen LogP contribution in [-0.4, -0.2) is 29.9 Å². The molecule has 1 saturated carbocycles. The van der Waals surface area contributed by atoms with Crippen molar-refractivity contribution < 1.29 is 4.79 Å². The monoisotopic (exact) mass is 404 g/mol. The number of nitrogens with two attached hydrogens (primary N) is 1. The fraction of sp³-hybridized carbons (Fsp3) is 0.533. The standard InChI is InChI=1S/C15H18ClIN2O/c16-12-6-9(4-5-13(12)17)15(20)19-7-10-2-1-3-14(18)11(10)8-19/h4-6,10-11,14H,1-3,7-8,18H2. The van der Waals surface area contributed by atoms with Crippen LogP contribution < -0.4 is 5.73 Å². The molecule has 1 aliphatic carbocycles. The van der Waals surface area contributed by atoms with Crippen molar-refractivity contribution in [2.45, 2.75) is 25.3 Å². The van der Waals surface area contributed by atoms with E-state index in [-0.39, 0.29) is 11.9 Å². The van der Waals surface area contributed by atoms with Gasteiger partial charge in [-0.05, 0) is 65.5 Å². The molecule has 1 saturated heterocycles. The van der Waals surface area contributed by atoms with Gasteiger partial charge in [-0.3, -0.25) is 4.79 Å². The summed E-state index contributed by atoms with van der Waals surface area (Å²) in [6.45, 7) is 1.65. The van der Waals surface area contributed by atoms with Crippen LogP contribution in [0.25, 0.3) is 0 Å². The Balaban J connectivity index is 1.76. The zero-order valence-electron chi connectivity index (χ0n) is 11.2. The van der Waals surface area contributed by atoms with Gasteiger partial charge in [0.25, 0.3) is 5.91 Å². The first-order valence-corrected chi connectivity index (χ1v) is 8.52. The molecule has 108 valence electrons. The Morgan fingerprint density at radius 1 is 1.35 bits per heavy atom. The van der Waals surface area contributed by atoms with Crippen LogP contribution in [0.15, 0.2) is 18.2 Å². The van der Waals surface area contributed by atoms with Gasteiger partial charge in [-0.2, -0.15) is 0 Å². The van der Waals surface area contributed by atoms with Crippen LogP contribution >= 0.6 is 34.2 Å². The Morgan fingerprint density at radius 3 is 2.85 bits per heavy atom. The molecule has 2 fully saturated rings. The van der Waals surface area contributed by atoms with Crippen LogP contribution in [0.3, 0.4) is 0 Å². The van der Waals surface area contributed by atoms with Crippen molar-refractivity contribution in [3.63, 3.8) is 0 Å². The number of nitrogens with zero attached hydrogens (tertiary/aromatic N) is 1. The van der Waals surface area contributed by atoms with Crippen LogP contribution in [0.5, 0.6) is 0 Å². The molecule has 2 aliphatic rings. The average Bonchev–Trinajstić information content (AvgIpc) is 2.86. The van der Waals surface area contributed by atoms with Crippen LogP contribution in [0.1, 0.15) is 29.6 Å². The number of carbonyl (C=O) groups is 1. The highest BCUT2D eigenvalue weighted by Crippen LogP contribution is 2.36. The molecule has 3 atom stereocenters. The van der Waals surface area contributed by atoms with Gasteiger partial charge >= 0.3 is 0 Å². The second-order valence-electron chi connectivity index (χ2n) is 5.86. The van der Waals surface area contributed by atoms with Crippen molar-refractivity contribution in [1.82, 2.24) is 4.90 Å². The van der Waals surface area contributed by atoms with Crippen LogP contribution in [-0.2, 0) is 0 Å². The molecule has 2 N–H and O–H groups in total. The molecule has 1 aliphatic heterocycles. The van der Waals surface area contributed by atoms with Crippen LogP contribution in [0.4, 0.5) is 0 Å². The minimum Gasteiger partial charge on any atom is -0.338 e. The van der Waals surface area contributed by atoms with E-state index >= 15 is 0 Å². The number of amides is 1. The lowest BCUT2D eigenvalue weighted by Crippen LogP contribution is -2.38. The molecule has 20 heavy (non-hydrogen) atoms. The van der Waals surface area contributed by atoms with Crippen molar-refractivity contribution in [2.24, 2.45) is 17.6 Å². The smallest absolute Gasteiger partial charge is 0.253 e. The Hall–Kier alpha value is -0.330. The van der Waals surface area contributed by atoms with E-state index < -0.39 is 0 Å². The molecule has 3 nitrogen and oxygen atoms in total. The van der Waals surface area contributed by atoms with Gasteiger partial charge in [0, 0.05) is 28.3 Å². The molecule has 3 rings (SSSR count). The molecule has 5 heteroatoms. The summed E-state index contributed by atoms with van der Waals surface area (Å²) >= 11 is 8.28. The molecule has 0 aromatic heterocycles. The van der Waals surface area contributed by atoms with Crippen molar-refractivity contribution in [3.05, 3.63) is 32.4 Å². The van der Waals surface area contributed by atoms with Gasteiger partial charge in [0.1, 0.15) is 0 Å². The maximum atomic E-state index is 12.6. The quantitative estimate of drug-likeness (QED) is 0.731. The number of likely N-dealkylation sites (tertiary alicyclic amines) is 1. The summed E-state index contributed by atoms with van der Waals surface area (Å²) in [5.41, 5.74) is 6.89. The number of hydrogen-bond acceptors (Lipinski definition) is 2. The summed E-state index contributed by atoms with van der Waals surface area (Å²) in [5, 5.41) is 0.643. The highest BCUT2D eigenvalue weighted by atomic mass is 127. The molecule has 1 aromatic rings. The molecule has 3 unspecified atom stereocenters. The van der Waals surface area contributed by atoms with E-state index in [4.69, 9.17) is 17.3 Å². The van der Waals surface area contributed by atoms with Crippen molar-refractivity contribution >= 4 is 40.1 Å². The van der Waals surface area contributed by atoms with Gasteiger partial charge in [0.15, 0.2) is 0 Å². The Morgan fingerprint density at radius 2 is 2.15 bits per heavy atom. The fourth-order valence-electron chi connectivity index (χ4n) is 3.49. The molecule has 1 amide bonds. The van der Waals surface area contributed by atoms with Crippen LogP contribution in [0.2, 0.25) is 5.02 Å². The first-order valence-electron chi connectivity index (χ1n) is 7.06. The SMILES string of the molecule is NC1CCCC2CN(C(=O)c3ccc(I)c(Cl)c3)CC12. The number of halogens is 2. The van der Waals surface area contributed by atoms with E-state index in [1.54, 1.807) is 6.07 Å². The van der Waals surface area contributed by atoms with E-state index in [9.17, 15) is 4.79 Å². The molecular formula is C15H18ClIN2O. The van der Waals surface area contributed by atoms with Gasteiger partial charge in [-0.1, -0.05) is 18.0 Å². The number of rotatable bonds is 1. The number of fused-ring (bicyclic) bond motifs is 1. The van der Waals surface area contributed by atoms with E-state index in [0.29, 0.717) is 22.4 Å². The molecular weight excluding hydrogens is 387 g/mol. The van der Waals surface area contributed by atoms with Crippen LogP contribution in [0, 0.1) is 15.4 Å². The highest BCUT2D eigenvalue weighted by Gasteiger charge is 2.40. The maximum absolute atomic E-state index is 12.6. The van der Waals surface area contributed by atoms with Crippen molar-refractivity contribution in [1.29, 1.82) is 0 Å². The van der Waals surface area contributed by atoms with Crippen molar-refractivity contribution in [3.8, 4) is 0 Å². The van der Waals surface area contributed by atoms with Crippen molar-refractivity contribution in [2.75, 3.05) is 13.1 Å². The first-order chi connectivity index (χ1) is 9.56. The van der Waals surface area contributed by atoms with Gasteiger partial charge in [0.2, 0.25) is 0 Å². The van der Waals surface area contributed by atoms with Gasteiger partial charge in [-0.15, -0.1) is 0 Å². The third-order valence-electron chi connectivity index (χ3n) is 4.61. The third kappa shape index (κ3) is 2.70. The Bertz CT molecular complexity index is 537. The number of benzene rings is 1. The first kappa shape index (κ1) is 14.6. The summed E-state index contributed by atoms with van der Waals surface area (Å²) in [5.74, 6) is 1.15. The lowest BCUT2D eigenvalue weighted by Gasteiger charge is -2.29. The van der Waals surface area contributed by atoms with E-state index in [1.807, 2.05) is 17.0 Å². The molecule has 0 spiro atoms. The largest absolute Gasteiger partial charge is 0.338 e. The van der Waals surface area contributed by atoms with E-state index in [0.717, 1.165) is 23.1 Å². The third-order valence-corrected chi connectivity index (χ3v) is 6.18. The summed E-state index contributed by atoms with van der Waals surface area (Å²) < 4.78 is 0.970. The summed E-state index contributed by atoms with van der Waals surface area (Å²) in [6.07, 6.45) is 3.49. The lowest BCUT2D eigenvalue weighted by molar-refractivity contribution is 0.0783. The summed E-state index contributed by atoms with van der Waals surface area (Å²) in [7, 11) is 0. The molecule has 1 heterocycles. The van der Waals surface area contributed by atoms with E-state index in [1.165, 1.54) is 12.8 Å². The predicted octanol–water partition coefficient (Wildman–Crippen LogP) is 3.14. The zero-order valence-corrected chi connectivity index (χ0v) is 14.1. The topological polar surface area (TPSA) is 46.3 Å². The lowest BCUT2D eigenvalue weighted by atomic mass is 9.78. The Labute approximate surface area is 138 Å². The number of hydrogen-bond donors (Lipinski definition) is 1. The molecule has 0 bridgehead atoms. The second kappa shape index (κ2) is 5.81. The minimum atomic E-state index is 0.0879. The summed E-state index contributed by atoms with van der Waals surface area (Å²) in [4.78, 5) is 14.5. The normalized spacial score (nSPS) is 29.4. The van der Waals surface area contributed by atoms with E-state index in [2.05, 4.69) is 22.6 Å². The highest BCUT2D eigenvalue weighted by molar-refractivity contribution is 14.1. The zero-order chi connectivity index (χ0) is 14.3. The predicted molar refractivity (Wildman–Crippen MR) is 88.9 cm³/mol. The average molecular weight is 405 g/mol. The van der Waals surface area contributed by atoms with Gasteiger partial charge in [0.05, 0.1) is 5.02 Å². The second-order valence-corrected chi connectivity index (χ2v) is 7.43. The molecule has 0 radical (unpaired) electrons. The maximum Gasteiger partial charge on any atom is 0.253 e. The fourth-order valence-corrected chi connectivity index (χ4v) is 4.01. The van der Waals surface area contributed by atoms with Gasteiger partial charge in [-0.25, -0.2) is 0 Å². The minimum absolute atomic E-state index is 0.0879. The molecule has 1 aromatic carbocycles.